The Bertz CT molecular complexity index is 1460. The highest BCUT2D eigenvalue weighted by Gasteiger charge is 2.24. The van der Waals surface area contributed by atoms with Crippen LogP contribution in [0, 0.1) is 22.7 Å². The number of nitrogens with one attached hydrogen (secondary N) is 2. The first-order valence-electron chi connectivity index (χ1n) is 9.53. The topological polar surface area (TPSA) is 201 Å². The molecule has 158 valence electrons. The van der Waals surface area contributed by atoms with E-state index in [1.165, 1.54) is 10.8 Å². The zero-order valence-corrected chi connectivity index (χ0v) is 16.9. The molecule has 32 heavy (non-hydrogen) atoms. The number of nitrogen functional groups attached to an aromatic ring is 2. The third-order valence-corrected chi connectivity index (χ3v) is 4.88. The highest BCUT2D eigenvalue weighted by molar-refractivity contribution is 5.84. The highest BCUT2D eigenvalue weighted by atomic mass is 16.1. The summed E-state index contributed by atoms with van der Waals surface area (Å²) < 4.78 is 1.37. The van der Waals surface area contributed by atoms with Gasteiger partial charge in [0.15, 0.2) is 5.82 Å². The number of nitrogens with zero attached hydrogens (tertiary/aromatic N) is 7. The lowest BCUT2D eigenvalue weighted by atomic mass is 10.1. The van der Waals surface area contributed by atoms with E-state index in [1.54, 1.807) is 24.4 Å². The smallest absolute Gasteiger partial charge is 0.267 e. The van der Waals surface area contributed by atoms with Gasteiger partial charge >= 0.3 is 0 Å². The van der Waals surface area contributed by atoms with Gasteiger partial charge in [-0.15, -0.1) is 0 Å². The number of hydrogen-bond acceptors (Lipinski definition) is 10. The van der Waals surface area contributed by atoms with E-state index in [0.717, 1.165) is 0 Å². The second kappa shape index (κ2) is 8.04. The minimum Gasteiger partial charge on any atom is -0.382 e. The van der Waals surface area contributed by atoms with E-state index in [2.05, 4.69) is 30.5 Å². The van der Waals surface area contributed by atoms with Gasteiger partial charge in [0.05, 0.1) is 34.4 Å². The monoisotopic (exact) mass is 427 g/mol. The van der Waals surface area contributed by atoms with Crippen molar-refractivity contribution in [2.75, 3.05) is 16.8 Å². The fourth-order valence-electron chi connectivity index (χ4n) is 3.42. The van der Waals surface area contributed by atoms with Crippen molar-refractivity contribution in [3.63, 3.8) is 0 Å². The van der Waals surface area contributed by atoms with Gasteiger partial charge in [-0.1, -0.05) is 13.0 Å². The Kier molecular flexibility index (Phi) is 5.10. The molecule has 0 bridgehead atoms. The maximum absolute atomic E-state index is 13.5. The standard InChI is InChI=1S/C20H17N11O/c1-2-13(27-17-12(7-22)16(23)29-20(24)30-17)18-28-14-5-3-4-10(6-21)15(14)19(32)31(18)11-8-25-26-9-11/h3-5,8-9,13H,2H2,1H3,(H,25,26)(H5,23,24,27,29,30). The van der Waals surface area contributed by atoms with Crippen LogP contribution < -0.4 is 22.3 Å². The van der Waals surface area contributed by atoms with Crippen LogP contribution in [0.4, 0.5) is 17.6 Å². The van der Waals surface area contributed by atoms with Crippen LogP contribution >= 0.6 is 0 Å². The first-order chi connectivity index (χ1) is 15.5. The molecule has 1 unspecified atom stereocenters. The molecule has 6 N–H and O–H groups in total. The Hall–Kier alpha value is -4.97. The Morgan fingerprint density at radius 1 is 1.22 bits per heavy atom. The van der Waals surface area contributed by atoms with Crippen molar-refractivity contribution in [1.82, 2.24) is 29.7 Å². The molecule has 3 heterocycles. The zero-order valence-electron chi connectivity index (χ0n) is 16.9. The van der Waals surface area contributed by atoms with Crippen molar-refractivity contribution in [3.8, 4) is 17.8 Å². The summed E-state index contributed by atoms with van der Waals surface area (Å²) in [5.41, 5.74) is 12.2. The summed E-state index contributed by atoms with van der Waals surface area (Å²) in [7, 11) is 0. The van der Waals surface area contributed by atoms with E-state index in [0.29, 0.717) is 23.4 Å². The number of hydrogen-bond donors (Lipinski definition) is 4. The van der Waals surface area contributed by atoms with Gasteiger partial charge in [0.1, 0.15) is 29.3 Å². The number of rotatable bonds is 5. The molecule has 4 rings (SSSR count). The molecule has 0 radical (unpaired) electrons. The Labute approximate surface area is 181 Å². The average molecular weight is 427 g/mol. The molecule has 1 atom stereocenters. The van der Waals surface area contributed by atoms with Crippen LogP contribution in [0.1, 0.15) is 36.3 Å². The van der Waals surface area contributed by atoms with Crippen LogP contribution in [0.15, 0.2) is 35.4 Å². The molecular formula is C20H17N11O. The van der Waals surface area contributed by atoms with Gasteiger partial charge < -0.3 is 16.8 Å². The highest BCUT2D eigenvalue weighted by Crippen LogP contribution is 2.27. The molecule has 4 aromatic rings. The molecule has 0 saturated carbocycles. The summed E-state index contributed by atoms with van der Waals surface area (Å²) in [4.78, 5) is 26.1. The normalized spacial score (nSPS) is 11.6. The molecule has 0 fully saturated rings. The van der Waals surface area contributed by atoms with E-state index in [9.17, 15) is 15.3 Å². The average Bonchev–Trinajstić information content (AvgIpc) is 3.31. The lowest BCUT2D eigenvalue weighted by molar-refractivity contribution is 0.658. The van der Waals surface area contributed by atoms with E-state index in [-0.39, 0.29) is 34.1 Å². The van der Waals surface area contributed by atoms with Gasteiger partial charge in [-0.3, -0.25) is 14.5 Å². The molecule has 0 aliphatic rings. The summed E-state index contributed by atoms with van der Waals surface area (Å²) >= 11 is 0. The predicted octanol–water partition coefficient (Wildman–Crippen LogP) is 1.37. The summed E-state index contributed by atoms with van der Waals surface area (Å²) in [5, 5.41) is 28.9. The van der Waals surface area contributed by atoms with E-state index >= 15 is 0 Å². The SMILES string of the molecule is CCC(Nc1nc(N)nc(N)c1C#N)c1nc2cccc(C#N)c2c(=O)n1-c1cn[nH]c1. The number of aromatic amines is 1. The molecule has 0 aliphatic heterocycles. The molecule has 0 aliphatic carbocycles. The van der Waals surface area contributed by atoms with Crippen LogP contribution in [-0.2, 0) is 0 Å². The maximum Gasteiger partial charge on any atom is 0.267 e. The van der Waals surface area contributed by atoms with Crippen LogP contribution in [0.2, 0.25) is 0 Å². The predicted molar refractivity (Wildman–Crippen MR) is 116 cm³/mol. The number of benzene rings is 1. The number of nitriles is 2. The molecule has 0 spiro atoms. The van der Waals surface area contributed by atoms with Gasteiger partial charge in [0.25, 0.3) is 5.56 Å². The summed E-state index contributed by atoms with van der Waals surface area (Å²) in [6, 6.07) is 8.31. The molecule has 3 aromatic heterocycles. The number of aromatic nitrogens is 6. The third-order valence-electron chi connectivity index (χ3n) is 4.88. The quantitative estimate of drug-likeness (QED) is 0.360. The Morgan fingerprint density at radius 3 is 2.69 bits per heavy atom. The third kappa shape index (κ3) is 3.32. The van der Waals surface area contributed by atoms with Gasteiger partial charge in [-0.25, -0.2) is 4.98 Å². The van der Waals surface area contributed by atoms with Crippen LogP contribution in [0.3, 0.4) is 0 Å². The van der Waals surface area contributed by atoms with Crippen LogP contribution in [-0.4, -0.2) is 29.7 Å². The largest absolute Gasteiger partial charge is 0.382 e. The minimum absolute atomic E-state index is 0.0300. The molecule has 12 heteroatoms. The maximum atomic E-state index is 13.5. The number of nitrogens with two attached hydrogens (primary N) is 2. The van der Waals surface area contributed by atoms with Crippen LogP contribution in [0.25, 0.3) is 16.6 Å². The molecule has 1 aromatic carbocycles. The van der Waals surface area contributed by atoms with E-state index < -0.39 is 11.6 Å². The number of anilines is 3. The van der Waals surface area contributed by atoms with Gasteiger partial charge in [-0.2, -0.15) is 25.6 Å². The fraction of sp³-hybridized carbons (Fsp3) is 0.150. The number of fused-ring (bicyclic) bond motifs is 1. The summed E-state index contributed by atoms with van der Waals surface area (Å²) in [6.07, 6.45) is 3.48. The lowest BCUT2D eigenvalue weighted by Crippen LogP contribution is -2.28. The Morgan fingerprint density at radius 2 is 2.03 bits per heavy atom. The zero-order chi connectivity index (χ0) is 22.8. The van der Waals surface area contributed by atoms with Gasteiger partial charge in [-0.05, 0) is 18.6 Å². The van der Waals surface area contributed by atoms with Crippen molar-refractivity contribution < 1.29 is 0 Å². The summed E-state index contributed by atoms with van der Waals surface area (Å²) in [6.45, 7) is 1.87. The van der Waals surface area contributed by atoms with Crippen LogP contribution in [0.5, 0.6) is 0 Å². The second-order valence-corrected chi connectivity index (χ2v) is 6.79. The first-order valence-corrected chi connectivity index (χ1v) is 9.53. The van der Waals surface area contributed by atoms with Crippen molar-refractivity contribution in [3.05, 3.63) is 57.9 Å². The minimum atomic E-state index is -0.575. The van der Waals surface area contributed by atoms with Gasteiger partial charge in [0, 0.05) is 6.20 Å². The lowest BCUT2D eigenvalue weighted by Gasteiger charge is -2.22. The fourth-order valence-corrected chi connectivity index (χ4v) is 3.42. The van der Waals surface area contributed by atoms with Crippen molar-refractivity contribution >= 4 is 28.5 Å². The van der Waals surface area contributed by atoms with E-state index in [4.69, 9.17) is 11.5 Å². The van der Waals surface area contributed by atoms with Crippen molar-refractivity contribution in [2.45, 2.75) is 19.4 Å². The van der Waals surface area contributed by atoms with Gasteiger partial charge in [0.2, 0.25) is 5.95 Å². The van der Waals surface area contributed by atoms with Crippen molar-refractivity contribution in [1.29, 1.82) is 10.5 Å². The van der Waals surface area contributed by atoms with Crippen molar-refractivity contribution in [2.24, 2.45) is 0 Å². The molecular weight excluding hydrogens is 410 g/mol. The molecule has 0 amide bonds. The number of H-pyrrole nitrogens is 1. The second-order valence-electron chi connectivity index (χ2n) is 6.79. The van der Waals surface area contributed by atoms with E-state index in [1.807, 2.05) is 19.1 Å². The Balaban J connectivity index is 1.98. The summed E-state index contributed by atoms with van der Waals surface area (Å²) in [5.74, 6) is 0.301. The molecule has 0 saturated heterocycles. The molecule has 12 nitrogen and oxygen atoms in total. The first kappa shape index (κ1) is 20.3.